The highest BCUT2D eigenvalue weighted by Crippen LogP contribution is 2.17. The zero-order chi connectivity index (χ0) is 13.1. The molecule has 94 valence electrons. The minimum absolute atomic E-state index is 0.522. The Bertz CT molecular complexity index is 709. The lowest BCUT2D eigenvalue weighted by atomic mass is 10.2. The molecule has 0 saturated carbocycles. The molecule has 0 aliphatic carbocycles. The summed E-state index contributed by atoms with van der Waals surface area (Å²) in [5, 5.41) is 4.22. The van der Waals surface area contributed by atoms with Crippen LogP contribution >= 0.6 is 0 Å². The van der Waals surface area contributed by atoms with E-state index in [1.165, 1.54) is 0 Å². The van der Waals surface area contributed by atoms with Crippen LogP contribution in [-0.2, 0) is 6.54 Å². The highest BCUT2D eigenvalue weighted by atomic mass is 15.1. The third-order valence-corrected chi connectivity index (χ3v) is 2.91. The zero-order valence-electron chi connectivity index (χ0n) is 10.4. The van der Waals surface area contributed by atoms with Gasteiger partial charge in [-0.15, -0.1) is 0 Å². The van der Waals surface area contributed by atoms with E-state index in [4.69, 9.17) is 5.73 Å². The molecule has 1 heterocycles. The van der Waals surface area contributed by atoms with Crippen molar-refractivity contribution in [3.63, 3.8) is 0 Å². The van der Waals surface area contributed by atoms with E-state index in [1.807, 2.05) is 54.7 Å². The van der Waals surface area contributed by atoms with Crippen LogP contribution in [0.25, 0.3) is 10.9 Å². The molecule has 2 aromatic carbocycles. The molecule has 3 N–H and O–H groups in total. The molecular formula is C15H14N4. The minimum atomic E-state index is 0.522. The van der Waals surface area contributed by atoms with Crippen molar-refractivity contribution >= 4 is 22.5 Å². The first-order chi connectivity index (χ1) is 9.35. The first-order valence-corrected chi connectivity index (χ1v) is 6.13. The molecule has 0 radical (unpaired) electrons. The van der Waals surface area contributed by atoms with Gasteiger partial charge in [-0.25, -0.2) is 9.97 Å². The molecule has 3 rings (SSSR count). The van der Waals surface area contributed by atoms with Crippen molar-refractivity contribution in [3.05, 3.63) is 60.3 Å². The van der Waals surface area contributed by atoms with Gasteiger partial charge in [0.05, 0.1) is 5.52 Å². The molecule has 0 atom stereocenters. The number of aromatic nitrogens is 2. The summed E-state index contributed by atoms with van der Waals surface area (Å²) in [6, 6.07) is 15.8. The summed E-state index contributed by atoms with van der Waals surface area (Å²) in [6.45, 7) is 0.522. The molecule has 0 spiro atoms. The van der Waals surface area contributed by atoms with Crippen LogP contribution in [0.5, 0.6) is 0 Å². The summed E-state index contributed by atoms with van der Waals surface area (Å²) in [5.74, 6) is 0.591. The van der Waals surface area contributed by atoms with E-state index in [1.54, 1.807) is 0 Å². The number of hydrogen-bond donors (Lipinski definition) is 2. The SMILES string of the molecule is NCc1cccc(Nc2ncc3ccccc3n2)c1. The normalized spacial score (nSPS) is 10.6. The van der Waals surface area contributed by atoms with Crippen molar-refractivity contribution in [1.29, 1.82) is 0 Å². The van der Waals surface area contributed by atoms with E-state index in [-0.39, 0.29) is 0 Å². The molecule has 4 heteroatoms. The molecule has 0 fully saturated rings. The maximum atomic E-state index is 5.63. The number of fused-ring (bicyclic) bond motifs is 1. The minimum Gasteiger partial charge on any atom is -0.326 e. The van der Waals surface area contributed by atoms with Crippen molar-refractivity contribution < 1.29 is 0 Å². The van der Waals surface area contributed by atoms with E-state index in [0.29, 0.717) is 12.5 Å². The number of para-hydroxylation sites is 1. The Morgan fingerprint density at radius 2 is 1.95 bits per heavy atom. The van der Waals surface area contributed by atoms with Gasteiger partial charge in [-0.3, -0.25) is 0 Å². The second kappa shape index (κ2) is 5.04. The van der Waals surface area contributed by atoms with Gasteiger partial charge < -0.3 is 11.1 Å². The molecule has 0 aliphatic heterocycles. The number of nitrogens with two attached hydrogens (primary N) is 1. The van der Waals surface area contributed by atoms with Crippen LogP contribution < -0.4 is 11.1 Å². The fraction of sp³-hybridized carbons (Fsp3) is 0.0667. The third-order valence-electron chi connectivity index (χ3n) is 2.91. The Morgan fingerprint density at radius 1 is 1.05 bits per heavy atom. The fourth-order valence-electron chi connectivity index (χ4n) is 1.94. The molecule has 19 heavy (non-hydrogen) atoms. The van der Waals surface area contributed by atoms with E-state index in [0.717, 1.165) is 22.2 Å². The Labute approximate surface area is 111 Å². The maximum absolute atomic E-state index is 5.63. The summed E-state index contributed by atoms with van der Waals surface area (Å²) in [6.07, 6.45) is 1.82. The van der Waals surface area contributed by atoms with Crippen molar-refractivity contribution in [2.45, 2.75) is 6.54 Å². The van der Waals surface area contributed by atoms with Crippen molar-refractivity contribution in [2.75, 3.05) is 5.32 Å². The van der Waals surface area contributed by atoms with Crippen LogP contribution in [0.1, 0.15) is 5.56 Å². The van der Waals surface area contributed by atoms with Gasteiger partial charge >= 0.3 is 0 Å². The average molecular weight is 250 g/mol. The Hall–Kier alpha value is -2.46. The Kier molecular flexibility index (Phi) is 3.08. The lowest BCUT2D eigenvalue weighted by Gasteiger charge is -2.06. The number of benzene rings is 2. The molecule has 3 aromatic rings. The summed E-state index contributed by atoms with van der Waals surface area (Å²) >= 11 is 0. The summed E-state index contributed by atoms with van der Waals surface area (Å²) < 4.78 is 0. The molecule has 1 aromatic heterocycles. The summed E-state index contributed by atoms with van der Waals surface area (Å²) in [5.41, 5.74) is 8.57. The van der Waals surface area contributed by atoms with Crippen LogP contribution in [0.3, 0.4) is 0 Å². The molecule has 4 nitrogen and oxygen atoms in total. The Balaban J connectivity index is 1.92. The molecule has 0 amide bonds. The molecular weight excluding hydrogens is 236 g/mol. The number of nitrogens with zero attached hydrogens (tertiary/aromatic N) is 2. The van der Waals surface area contributed by atoms with Gasteiger partial charge in [-0.2, -0.15) is 0 Å². The van der Waals surface area contributed by atoms with Gasteiger partial charge in [0.25, 0.3) is 0 Å². The average Bonchev–Trinajstić information content (AvgIpc) is 2.47. The zero-order valence-corrected chi connectivity index (χ0v) is 10.4. The van der Waals surface area contributed by atoms with E-state index in [2.05, 4.69) is 15.3 Å². The topological polar surface area (TPSA) is 63.8 Å². The third kappa shape index (κ3) is 2.53. The highest BCUT2D eigenvalue weighted by molar-refractivity contribution is 5.78. The highest BCUT2D eigenvalue weighted by Gasteiger charge is 2.00. The predicted octanol–water partition coefficient (Wildman–Crippen LogP) is 2.83. The smallest absolute Gasteiger partial charge is 0.227 e. The van der Waals surface area contributed by atoms with Gasteiger partial charge in [0.15, 0.2) is 0 Å². The quantitative estimate of drug-likeness (QED) is 0.750. The van der Waals surface area contributed by atoms with Crippen LogP contribution in [0.15, 0.2) is 54.7 Å². The summed E-state index contributed by atoms with van der Waals surface area (Å²) in [4.78, 5) is 8.78. The molecule has 0 unspecified atom stereocenters. The van der Waals surface area contributed by atoms with E-state index >= 15 is 0 Å². The lowest BCUT2D eigenvalue weighted by molar-refractivity contribution is 1.07. The van der Waals surface area contributed by atoms with Crippen molar-refractivity contribution in [1.82, 2.24) is 9.97 Å². The number of anilines is 2. The van der Waals surface area contributed by atoms with Crippen LogP contribution in [-0.4, -0.2) is 9.97 Å². The van der Waals surface area contributed by atoms with Gasteiger partial charge in [0.1, 0.15) is 0 Å². The Morgan fingerprint density at radius 3 is 2.84 bits per heavy atom. The van der Waals surface area contributed by atoms with Crippen LogP contribution in [0.2, 0.25) is 0 Å². The number of rotatable bonds is 3. The first kappa shape index (κ1) is 11.6. The predicted molar refractivity (Wildman–Crippen MR) is 77.2 cm³/mol. The van der Waals surface area contributed by atoms with Gasteiger partial charge in [-0.05, 0) is 23.8 Å². The monoisotopic (exact) mass is 250 g/mol. The van der Waals surface area contributed by atoms with Crippen molar-refractivity contribution in [3.8, 4) is 0 Å². The maximum Gasteiger partial charge on any atom is 0.227 e. The fourth-order valence-corrected chi connectivity index (χ4v) is 1.94. The van der Waals surface area contributed by atoms with Gasteiger partial charge in [-0.1, -0.05) is 30.3 Å². The summed E-state index contributed by atoms with van der Waals surface area (Å²) in [7, 11) is 0. The van der Waals surface area contributed by atoms with Gasteiger partial charge in [0.2, 0.25) is 5.95 Å². The van der Waals surface area contributed by atoms with Crippen molar-refractivity contribution in [2.24, 2.45) is 5.73 Å². The standard InChI is InChI=1S/C15H14N4/c16-9-11-4-3-6-13(8-11)18-15-17-10-12-5-1-2-7-14(12)19-15/h1-8,10H,9,16H2,(H,17,18,19). The van der Waals surface area contributed by atoms with E-state index < -0.39 is 0 Å². The second-order valence-corrected chi connectivity index (χ2v) is 4.28. The van der Waals surface area contributed by atoms with Crippen LogP contribution in [0.4, 0.5) is 11.6 Å². The van der Waals surface area contributed by atoms with E-state index in [9.17, 15) is 0 Å². The largest absolute Gasteiger partial charge is 0.326 e. The number of nitrogens with one attached hydrogen (secondary N) is 1. The molecule has 0 saturated heterocycles. The molecule has 0 bridgehead atoms. The van der Waals surface area contributed by atoms with Gasteiger partial charge in [0, 0.05) is 23.8 Å². The lowest BCUT2D eigenvalue weighted by Crippen LogP contribution is -2.00. The van der Waals surface area contributed by atoms with Crippen LogP contribution in [0, 0.1) is 0 Å². The first-order valence-electron chi connectivity index (χ1n) is 6.13. The second-order valence-electron chi connectivity index (χ2n) is 4.28. The molecule has 0 aliphatic rings. The number of hydrogen-bond acceptors (Lipinski definition) is 4.